The van der Waals surface area contributed by atoms with Crippen molar-refractivity contribution in [1.82, 2.24) is 9.80 Å². The maximum absolute atomic E-state index is 12.7. The van der Waals surface area contributed by atoms with Crippen molar-refractivity contribution in [2.24, 2.45) is 5.92 Å². The largest absolute Gasteiger partial charge is 0.336 e. The van der Waals surface area contributed by atoms with Gasteiger partial charge in [0.25, 0.3) is 0 Å². The van der Waals surface area contributed by atoms with Gasteiger partial charge < -0.3 is 9.80 Å². The van der Waals surface area contributed by atoms with Crippen molar-refractivity contribution in [3.05, 3.63) is 71.8 Å². The van der Waals surface area contributed by atoms with Gasteiger partial charge in [-0.3, -0.25) is 4.79 Å². The molecule has 1 aliphatic rings. The summed E-state index contributed by atoms with van der Waals surface area (Å²) in [5.41, 5.74) is 2.63. The zero-order valence-corrected chi connectivity index (χ0v) is 17.4. The quantitative estimate of drug-likeness (QED) is 0.649. The van der Waals surface area contributed by atoms with Crippen molar-refractivity contribution in [2.45, 2.75) is 45.6 Å². The highest BCUT2D eigenvalue weighted by Gasteiger charge is 2.27. The first-order chi connectivity index (χ1) is 13.7. The molecule has 3 rings (SSSR count). The van der Waals surface area contributed by atoms with Crippen molar-refractivity contribution in [2.75, 3.05) is 26.2 Å². The van der Waals surface area contributed by atoms with Crippen LogP contribution < -0.4 is 0 Å². The molecule has 150 valence electrons. The summed E-state index contributed by atoms with van der Waals surface area (Å²) in [4.78, 5) is 17.4. The topological polar surface area (TPSA) is 23.6 Å². The van der Waals surface area contributed by atoms with Crippen LogP contribution >= 0.6 is 0 Å². The minimum Gasteiger partial charge on any atom is -0.336 e. The Morgan fingerprint density at radius 3 is 2.46 bits per heavy atom. The van der Waals surface area contributed by atoms with Gasteiger partial charge in [-0.05, 0) is 49.8 Å². The molecule has 0 spiro atoms. The second-order valence-electron chi connectivity index (χ2n) is 8.03. The summed E-state index contributed by atoms with van der Waals surface area (Å²) < 4.78 is 0. The van der Waals surface area contributed by atoms with E-state index in [0.29, 0.717) is 12.3 Å². The molecule has 0 unspecified atom stereocenters. The maximum Gasteiger partial charge on any atom is 0.222 e. The van der Waals surface area contributed by atoms with Crippen molar-refractivity contribution in [3.63, 3.8) is 0 Å². The van der Waals surface area contributed by atoms with Gasteiger partial charge in [-0.2, -0.15) is 0 Å². The van der Waals surface area contributed by atoms with Gasteiger partial charge in [-0.15, -0.1) is 0 Å². The summed E-state index contributed by atoms with van der Waals surface area (Å²) in [7, 11) is 0. The lowest BCUT2D eigenvalue weighted by atomic mass is 9.95. The number of piperidine rings is 1. The average molecular weight is 379 g/mol. The minimum absolute atomic E-state index is 0.133. The Balaban J connectivity index is 1.59. The van der Waals surface area contributed by atoms with Gasteiger partial charge in [-0.1, -0.05) is 67.6 Å². The SMILES string of the molecule is CCC(=O)N(C[C@H]1CCCN(CCc2ccccc2)C1)[C@H](C)c1ccccc1. The van der Waals surface area contributed by atoms with Crippen LogP contribution in [0.1, 0.15) is 50.3 Å². The summed E-state index contributed by atoms with van der Waals surface area (Å²) in [5, 5.41) is 0. The van der Waals surface area contributed by atoms with Crippen LogP contribution in [0.3, 0.4) is 0 Å². The molecule has 0 aromatic heterocycles. The average Bonchev–Trinajstić information content (AvgIpc) is 2.76. The minimum atomic E-state index is 0.133. The van der Waals surface area contributed by atoms with Crippen molar-refractivity contribution in [3.8, 4) is 0 Å². The van der Waals surface area contributed by atoms with Gasteiger partial charge in [0, 0.05) is 26.1 Å². The van der Waals surface area contributed by atoms with Gasteiger partial charge in [0.1, 0.15) is 0 Å². The van der Waals surface area contributed by atoms with Crippen LogP contribution in [0, 0.1) is 5.92 Å². The number of amides is 1. The van der Waals surface area contributed by atoms with Gasteiger partial charge >= 0.3 is 0 Å². The van der Waals surface area contributed by atoms with E-state index in [1.807, 2.05) is 13.0 Å². The normalized spacial score (nSPS) is 18.6. The molecule has 0 radical (unpaired) electrons. The molecule has 1 fully saturated rings. The van der Waals surface area contributed by atoms with E-state index in [4.69, 9.17) is 0 Å². The molecule has 0 N–H and O–H groups in total. The van der Waals surface area contributed by atoms with E-state index in [2.05, 4.69) is 71.3 Å². The highest BCUT2D eigenvalue weighted by molar-refractivity contribution is 5.76. The highest BCUT2D eigenvalue weighted by atomic mass is 16.2. The van der Waals surface area contributed by atoms with Gasteiger partial charge in [0.2, 0.25) is 5.91 Å². The third kappa shape index (κ3) is 5.68. The Morgan fingerprint density at radius 1 is 1.11 bits per heavy atom. The first-order valence-electron chi connectivity index (χ1n) is 10.8. The second kappa shape index (κ2) is 10.4. The number of hydrogen-bond donors (Lipinski definition) is 0. The van der Waals surface area contributed by atoms with Crippen LogP contribution in [0.25, 0.3) is 0 Å². The lowest BCUT2D eigenvalue weighted by molar-refractivity contribution is -0.134. The molecular formula is C25H34N2O. The number of likely N-dealkylation sites (tertiary alicyclic amines) is 1. The van der Waals surface area contributed by atoms with E-state index >= 15 is 0 Å². The fourth-order valence-electron chi connectivity index (χ4n) is 4.30. The van der Waals surface area contributed by atoms with Crippen LogP contribution in [0.4, 0.5) is 0 Å². The molecule has 1 amide bonds. The number of carbonyl (C=O) groups is 1. The van der Waals surface area contributed by atoms with E-state index in [-0.39, 0.29) is 11.9 Å². The zero-order valence-electron chi connectivity index (χ0n) is 17.4. The Hall–Kier alpha value is -2.13. The van der Waals surface area contributed by atoms with Crippen molar-refractivity contribution < 1.29 is 4.79 Å². The molecular weight excluding hydrogens is 344 g/mol. The van der Waals surface area contributed by atoms with Crippen LogP contribution in [-0.4, -0.2) is 41.9 Å². The fraction of sp³-hybridized carbons (Fsp3) is 0.480. The predicted molar refractivity (Wildman–Crippen MR) is 116 cm³/mol. The summed E-state index contributed by atoms with van der Waals surface area (Å²) in [6.07, 6.45) is 4.12. The van der Waals surface area contributed by atoms with Crippen LogP contribution in [-0.2, 0) is 11.2 Å². The number of hydrogen-bond acceptors (Lipinski definition) is 2. The van der Waals surface area contributed by atoms with E-state index in [1.54, 1.807) is 0 Å². The Kier molecular flexibility index (Phi) is 7.67. The summed E-state index contributed by atoms with van der Waals surface area (Å²) >= 11 is 0. The number of rotatable bonds is 8. The Bertz CT molecular complexity index is 716. The monoisotopic (exact) mass is 378 g/mol. The summed E-state index contributed by atoms with van der Waals surface area (Å²) in [6.45, 7) is 8.39. The first kappa shape index (κ1) is 20.6. The Morgan fingerprint density at radius 2 is 1.79 bits per heavy atom. The van der Waals surface area contributed by atoms with E-state index in [0.717, 1.165) is 26.1 Å². The number of carbonyl (C=O) groups excluding carboxylic acids is 1. The summed E-state index contributed by atoms with van der Waals surface area (Å²) in [6, 6.07) is 21.3. The molecule has 28 heavy (non-hydrogen) atoms. The standard InChI is InChI=1S/C25H34N2O/c1-3-25(28)27(21(2)24-14-8-5-9-15-24)20-23-13-10-17-26(19-23)18-16-22-11-6-4-7-12-22/h4-9,11-12,14-15,21,23H,3,10,13,16-20H2,1-2H3/t21-,23+/m1/s1. The van der Waals surface area contributed by atoms with Gasteiger partial charge in [0.15, 0.2) is 0 Å². The predicted octanol–water partition coefficient (Wildman–Crippen LogP) is 4.94. The van der Waals surface area contributed by atoms with Gasteiger partial charge in [0.05, 0.1) is 6.04 Å². The molecule has 1 aliphatic heterocycles. The first-order valence-corrected chi connectivity index (χ1v) is 10.8. The molecule has 1 heterocycles. The lowest BCUT2D eigenvalue weighted by Gasteiger charge is -2.38. The molecule has 1 saturated heterocycles. The van der Waals surface area contributed by atoms with Crippen molar-refractivity contribution >= 4 is 5.91 Å². The van der Waals surface area contributed by atoms with Gasteiger partial charge in [-0.25, -0.2) is 0 Å². The smallest absolute Gasteiger partial charge is 0.222 e. The van der Waals surface area contributed by atoms with E-state index < -0.39 is 0 Å². The van der Waals surface area contributed by atoms with Crippen LogP contribution in [0.2, 0.25) is 0 Å². The summed E-state index contributed by atoms with van der Waals surface area (Å²) in [5.74, 6) is 0.823. The molecule has 0 bridgehead atoms. The molecule has 3 nitrogen and oxygen atoms in total. The zero-order chi connectivity index (χ0) is 19.8. The number of nitrogens with zero attached hydrogens (tertiary/aromatic N) is 2. The third-order valence-electron chi connectivity index (χ3n) is 5.99. The molecule has 2 aromatic carbocycles. The lowest BCUT2D eigenvalue weighted by Crippen LogP contribution is -2.44. The van der Waals surface area contributed by atoms with E-state index in [1.165, 1.54) is 30.5 Å². The molecule has 0 saturated carbocycles. The second-order valence-corrected chi connectivity index (χ2v) is 8.03. The molecule has 2 aromatic rings. The van der Waals surface area contributed by atoms with E-state index in [9.17, 15) is 4.79 Å². The van der Waals surface area contributed by atoms with Crippen LogP contribution in [0.15, 0.2) is 60.7 Å². The highest BCUT2D eigenvalue weighted by Crippen LogP contribution is 2.25. The maximum atomic E-state index is 12.7. The molecule has 0 aliphatic carbocycles. The van der Waals surface area contributed by atoms with Crippen LogP contribution in [0.5, 0.6) is 0 Å². The Labute approximate surface area is 170 Å². The number of benzene rings is 2. The van der Waals surface area contributed by atoms with Crippen molar-refractivity contribution in [1.29, 1.82) is 0 Å². The third-order valence-corrected chi connectivity index (χ3v) is 5.99. The fourth-order valence-corrected chi connectivity index (χ4v) is 4.30. The molecule has 2 atom stereocenters. The molecule has 3 heteroatoms.